The molecule has 0 fully saturated rings. The maximum Gasteiger partial charge on any atom is 0.153 e. The summed E-state index contributed by atoms with van der Waals surface area (Å²) in [7, 11) is 1.90. The zero-order valence-electron chi connectivity index (χ0n) is 12.9. The van der Waals surface area contributed by atoms with Gasteiger partial charge < -0.3 is 0 Å². The molecule has 19 heavy (non-hydrogen) atoms. The van der Waals surface area contributed by atoms with Gasteiger partial charge in [-0.3, -0.25) is 14.4 Å². The second-order valence-corrected chi connectivity index (χ2v) is 5.25. The summed E-state index contributed by atoms with van der Waals surface area (Å²) in [6, 6.07) is 0. The average Bonchev–Trinajstić information content (AvgIpc) is 2.82. The first-order valence-corrected chi connectivity index (χ1v) is 7.23. The molecule has 4 nitrogen and oxygen atoms in total. The van der Waals surface area contributed by atoms with Gasteiger partial charge in [-0.1, -0.05) is 20.8 Å². The summed E-state index contributed by atoms with van der Waals surface area (Å²) in [4.78, 5) is 14.8. The third-order valence-electron chi connectivity index (χ3n) is 4.15. The second-order valence-electron chi connectivity index (χ2n) is 5.25. The molecular formula is C15H27N3O. The van der Waals surface area contributed by atoms with Crippen LogP contribution >= 0.6 is 0 Å². The lowest BCUT2D eigenvalue weighted by Gasteiger charge is -2.38. The minimum atomic E-state index is -0.328. The van der Waals surface area contributed by atoms with Gasteiger partial charge in [-0.05, 0) is 38.4 Å². The van der Waals surface area contributed by atoms with Crippen LogP contribution in [0, 0.1) is 0 Å². The number of likely N-dealkylation sites (N-methyl/N-ethyl adjacent to an activating group) is 1. The van der Waals surface area contributed by atoms with Gasteiger partial charge in [0.2, 0.25) is 0 Å². The van der Waals surface area contributed by atoms with Crippen molar-refractivity contribution in [1.29, 1.82) is 0 Å². The lowest BCUT2D eigenvalue weighted by molar-refractivity contribution is -0.130. The van der Waals surface area contributed by atoms with Crippen LogP contribution in [0.15, 0.2) is 12.4 Å². The topological polar surface area (TPSA) is 38.1 Å². The van der Waals surface area contributed by atoms with E-state index in [1.165, 1.54) is 0 Å². The van der Waals surface area contributed by atoms with Gasteiger partial charge in [0.1, 0.15) is 0 Å². The molecule has 4 heteroatoms. The average molecular weight is 265 g/mol. The van der Waals surface area contributed by atoms with Gasteiger partial charge >= 0.3 is 0 Å². The normalized spacial score (nSPS) is 14.6. The van der Waals surface area contributed by atoms with Crippen LogP contribution in [0.2, 0.25) is 0 Å². The van der Waals surface area contributed by atoms with Gasteiger partial charge in [0.25, 0.3) is 0 Å². The molecule has 0 aliphatic rings. The van der Waals surface area contributed by atoms with Gasteiger partial charge in [0.05, 0.1) is 11.7 Å². The molecule has 1 unspecified atom stereocenters. The van der Waals surface area contributed by atoms with Gasteiger partial charge in [0, 0.05) is 19.7 Å². The number of carbonyl (C=O) groups is 1. The summed E-state index contributed by atoms with van der Waals surface area (Å²) < 4.78 is 1.78. The van der Waals surface area contributed by atoms with E-state index in [1.54, 1.807) is 4.68 Å². The highest BCUT2D eigenvalue weighted by Gasteiger charge is 2.35. The summed E-state index contributed by atoms with van der Waals surface area (Å²) in [5.74, 6) is 0.336. The maximum atomic E-state index is 12.6. The predicted octanol–water partition coefficient (Wildman–Crippen LogP) is 2.43. The molecule has 0 aliphatic carbocycles. The number of aryl methyl sites for hydroxylation is 2. The van der Waals surface area contributed by atoms with Crippen molar-refractivity contribution in [3.05, 3.63) is 18.0 Å². The maximum absolute atomic E-state index is 12.6. The highest BCUT2D eigenvalue weighted by molar-refractivity contribution is 5.88. The Morgan fingerprint density at radius 2 is 2.00 bits per heavy atom. The molecule has 1 aromatic heterocycles. The molecular weight excluding hydrogens is 238 g/mol. The second kappa shape index (κ2) is 6.85. The van der Waals surface area contributed by atoms with E-state index in [4.69, 9.17) is 0 Å². The first-order valence-electron chi connectivity index (χ1n) is 7.23. The van der Waals surface area contributed by atoms with Crippen molar-refractivity contribution in [3.8, 4) is 0 Å². The fourth-order valence-electron chi connectivity index (χ4n) is 2.65. The van der Waals surface area contributed by atoms with Crippen molar-refractivity contribution in [2.45, 2.75) is 52.5 Å². The summed E-state index contributed by atoms with van der Waals surface area (Å²) >= 11 is 0. The van der Waals surface area contributed by atoms with Crippen LogP contribution in [0.1, 0.15) is 46.1 Å². The molecule has 0 aliphatic heterocycles. The number of ketones is 1. The molecule has 1 rings (SSSR count). The van der Waals surface area contributed by atoms with E-state index in [9.17, 15) is 4.79 Å². The zero-order chi connectivity index (χ0) is 14.5. The third-order valence-corrected chi connectivity index (χ3v) is 4.15. The predicted molar refractivity (Wildman–Crippen MR) is 78.2 cm³/mol. The Balaban J connectivity index is 2.68. The van der Waals surface area contributed by atoms with Crippen molar-refractivity contribution in [3.63, 3.8) is 0 Å². The number of Topliss-reactive ketones (excluding diaryl/α,β-unsaturated/α-hetero) is 1. The van der Waals surface area contributed by atoms with Crippen LogP contribution in [-0.2, 0) is 18.3 Å². The van der Waals surface area contributed by atoms with E-state index in [0.29, 0.717) is 12.2 Å². The Morgan fingerprint density at radius 1 is 1.37 bits per heavy atom. The number of hydrogen-bond acceptors (Lipinski definition) is 3. The monoisotopic (exact) mass is 265 g/mol. The molecule has 1 atom stereocenters. The van der Waals surface area contributed by atoms with Crippen molar-refractivity contribution < 1.29 is 4.79 Å². The highest BCUT2D eigenvalue weighted by Crippen LogP contribution is 2.22. The molecule has 0 radical (unpaired) electrons. The van der Waals surface area contributed by atoms with Crippen LogP contribution < -0.4 is 0 Å². The quantitative estimate of drug-likeness (QED) is 0.724. The van der Waals surface area contributed by atoms with Crippen molar-refractivity contribution in [2.24, 2.45) is 7.05 Å². The van der Waals surface area contributed by atoms with E-state index in [2.05, 4.69) is 37.7 Å². The zero-order valence-corrected chi connectivity index (χ0v) is 12.9. The fourth-order valence-corrected chi connectivity index (χ4v) is 2.65. The van der Waals surface area contributed by atoms with Gasteiger partial charge in [0.15, 0.2) is 5.78 Å². The first kappa shape index (κ1) is 15.9. The van der Waals surface area contributed by atoms with Gasteiger partial charge in [-0.25, -0.2) is 0 Å². The molecule has 1 heterocycles. The third kappa shape index (κ3) is 3.66. The number of hydrogen-bond donors (Lipinski definition) is 0. The van der Waals surface area contributed by atoms with E-state index in [1.807, 2.05) is 19.4 Å². The Kier molecular flexibility index (Phi) is 5.73. The number of nitrogens with zero attached hydrogens (tertiary/aromatic N) is 3. The Hall–Kier alpha value is -1.16. The van der Waals surface area contributed by atoms with Crippen LogP contribution in [0.25, 0.3) is 0 Å². The molecule has 0 bridgehead atoms. The van der Waals surface area contributed by atoms with Crippen LogP contribution in [0.4, 0.5) is 0 Å². The number of aromatic nitrogens is 2. The van der Waals surface area contributed by atoms with E-state index < -0.39 is 0 Å². The van der Waals surface area contributed by atoms with E-state index in [0.717, 1.165) is 31.5 Å². The van der Waals surface area contributed by atoms with Crippen molar-refractivity contribution in [1.82, 2.24) is 14.7 Å². The van der Waals surface area contributed by atoms with E-state index in [-0.39, 0.29) is 5.54 Å². The van der Waals surface area contributed by atoms with Crippen LogP contribution in [0.5, 0.6) is 0 Å². The van der Waals surface area contributed by atoms with Crippen molar-refractivity contribution >= 4 is 5.78 Å². The largest absolute Gasteiger partial charge is 0.298 e. The molecule has 0 spiro atoms. The Morgan fingerprint density at radius 3 is 2.42 bits per heavy atom. The molecule has 0 saturated carbocycles. The molecule has 0 saturated heterocycles. The molecule has 108 valence electrons. The lowest BCUT2D eigenvalue weighted by atomic mass is 9.87. The summed E-state index contributed by atoms with van der Waals surface area (Å²) in [6.45, 7) is 10.2. The summed E-state index contributed by atoms with van der Waals surface area (Å²) in [5.41, 5.74) is 0.806. The minimum Gasteiger partial charge on any atom is -0.298 e. The number of rotatable bonds is 8. The number of carbonyl (C=O) groups excluding carboxylic acids is 1. The highest BCUT2D eigenvalue weighted by atomic mass is 16.1. The smallest absolute Gasteiger partial charge is 0.153 e. The Labute approximate surface area is 116 Å². The standard InChI is InChI=1S/C15H27N3O/c1-6-15(4,18(7-2)8-3)14(19)10-9-13-11-16-17(5)12-13/h11-12H,6-10H2,1-5H3. The van der Waals surface area contributed by atoms with E-state index >= 15 is 0 Å². The summed E-state index contributed by atoms with van der Waals surface area (Å²) in [5, 5.41) is 4.14. The van der Waals surface area contributed by atoms with Gasteiger partial charge in [-0.2, -0.15) is 5.10 Å². The Bertz CT molecular complexity index is 409. The summed E-state index contributed by atoms with van der Waals surface area (Å²) in [6.07, 6.45) is 6.05. The lowest BCUT2D eigenvalue weighted by Crippen LogP contribution is -2.52. The van der Waals surface area contributed by atoms with Crippen molar-refractivity contribution in [2.75, 3.05) is 13.1 Å². The first-order chi connectivity index (χ1) is 8.97. The molecule has 0 N–H and O–H groups in total. The molecule has 1 aromatic rings. The van der Waals surface area contributed by atoms with Crippen LogP contribution in [0.3, 0.4) is 0 Å². The minimum absolute atomic E-state index is 0.328. The van der Waals surface area contributed by atoms with Crippen LogP contribution in [-0.4, -0.2) is 39.1 Å². The molecule has 0 amide bonds. The van der Waals surface area contributed by atoms with Gasteiger partial charge in [-0.15, -0.1) is 0 Å². The SMILES string of the molecule is CCN(CC)C(C)(CC)C(=O)CCc1cnn(C)c1. The fraction of sp³-hybridized carbons (Fsp3) is 0.733. The molecule has 0 aromatic carbocycles.